The van der Waals surface area contributed by atoms with E-state index in [9.17, 15) is 9.59 Å². The fraction of sp³-hybridized carbons (Fsp3) is 0.333. The van der Waals surface area contributed by atoms with Gasteiger partial charge in [-0.2, -0.15) is 0 Å². The maximum Gasteiger partial charge on any atom is 0.251 e. The molecule has 0 saturated carbocycles. The number of ether oxygens (including phenoxy) is 1. The van der Waals surface area contributed by atoms with E-state index in [1.54, 1.807) is 24.1 Å². The van der Waals surface area contributed by atoms with Crippen LogP contribution in [0.2, 0.25) is 5.02 Å². The van der Waals surface area contributed by atoms with Crippen molar-refractivity contribution in [2.75, 3.05) is 32.1 Å². The largest absolute Gasteiger partial charge is 0.381 e. The number of fused-ring (bicyclic) bond motifs is 2. The predicted molar refractivity (Wildman–Crippen MR) is 138 cm³/mol. The fourth-order valence-corrected chi connectivity index (χ4v) is 5.29. The Morgan fingerprint density at radius 1 is 1.17 bits per heavy atom. The highest BCUT2D eigenvalue weighted by Gasteiger charge is 2.23. The van der Waals surface area contributed by atoms with E-state index < -0.39 is 0 Å². The highest BCUT2D eigenvalue weighted by atomic mass is 35.5. The zero-order valence-electron chi connectivity index (χ0n) is 19.4. The normalized spacial score (nSPS) is 14.4. The average molecular weight is 513 g/mol. The van der Waals surface area contributed by atoms with E-state index in [-0.39, 0.29) is 24.4 Å². The molecule has 3 heterocycles. The number of benzene rings is 2. The monoisotopic (exact) mass is 512 g/mol. The number of anilines is 2. The van der Waals surface area contributed by atoms with Gasteiger partial charge in [-0.15, -0.1) is 0 Å². The molecule has 0 aliphatic carbocycles. The number of amides is 2. The molecule has 5 rings (SSSR count). The summed E-state index contributed by atoms with van der Waals surface area (Å²) in [7, 11) is 3.67. The minimum Gasteiger partial charge on any atom is -0.381 e. The van der Waals surface area contributed by atoms with Gasteiger partial charge in [0, 0.05) is 43.9 Å². The second kappa shape index (κ2) is 9.80. The highest BCUT2D eigenvalue weighted by Crippen LogP contribution is 2.31. The zero-order valence-corrected chi connectivity index (χ0v) is 20.9. The first-order valence-corrected chi connectivity index (χ1v) is 12.5. The van der Waals surface area contributed by atoms with Crippen LogP contribution in [0, 0.1) is 0 Å². The first kappa shape index (κ1) is 23.5. The Kier molecular flexibility index (Phi) is 6.59. The fourth-order valence-electron chi connectivity index (χ4n) is 4.16. The Morgan fingerprint density at radius 2 is 1.97 bits per heavy atom. The van der Waals surface area contributed by atoms with Crippen molar-refractivity contribution in [2.45, 2.75) is 18.9 Å². The van der Waals surface area contributed by atoms with Crippen LogP contribution in [0.25, 0.3) is 21.3 Å². The van der Waals surface area contributed by atoms with E-state index >= 15 is 0 Å². The zero-order chi connectivity index (χ0) is 24.5. The van der Waals surface area contributed by atoms with Crippen molar-refractivity contribution in [1.29, 1.82) is 0 Å². The van der Waals surface area contributed by atoms with Crippen LogP contribution >= 0.6 is 22.9 Å². The van der Waals surface area contributed by atoms with Gasteiger partial charge in [0.2, 0.25) is 11.9 Å². The summed E-state index contributed by atoms with van der Waals surface area (Å²) in [5, 5.41) is 7.36. The van der Waals surface area contributed by atoms with Gasteiger partial charge >= 0.3 is 0 Å². The van der Waals surface area contributed by atoms with Crippen LogP contribution in [0.5, 0.6) is 0 Å². The van der Waals surface area contributed by atoms with Crippen LogP contribution in [0.3, 0.4) is 0 Å². The Balaban J connectivity index is 1.27. The minimum absolute atomic E-state index is 0.0542. The van der Waals surface area contributed by atoms with E-state index in [0.29, 0.717) is 40.4 Å². The SMILES string of the molecule is CN(C(=O)CNC(=O)c1ccc2c(c1)nc(Nc1nc3ccc(Cl)cc3s1)n2C)C1CCOCC1. The van der Waals surface area contributed by atoms with Crippen LogP contribution in [0.4, 0.5) is 11.1 Å². The van der Waals surface area contributed by atoms with E-state index in [2.05, 4.69) is 20.6 Å². The molecule has 1 aliphatic rings. The number of nitrogens with one attached hydrogen (secondary N) is 2. The molecule has 0 atom stereocenters. The van der Waals surface area contributed by atoms with Gasteiger partial charge in [0.05, 0.1) is 27.8 Å². The smallest absolute Gasteiger partial charge is 0.251 e. The van der Waals surface area contributed by atoms with Gasteiger partial charge < -0.3 is 24.8 Å². The molecule has 2 aromatic carbocycles. The van der Waals surface area contributed by atoms with Crippen molar-refractivity contribution in [1.82, 2.24) is 24.8 Å². The minimum atomic E-state index is -0.316. The third-order valence-electron chi connectivity index (χ3n) is 6.24. The van der Waals surface area contributed by atoms with Gasteiger partial charge in [-0.3, -0.25) is 9.59 Å². The Labute approximate surface area is 211 Å². The molecule has 182 valence electrons. The van der Waals surface area contributed by atoms with Crippen molar-refractivity contribution in [3.05, 3.63) is 47.0 Å². The molecular formula is C24H25ClN6O3S. The number of aryl methyl sites for hydroxylation is 1. The second-order valence-electron chi connectivity index (χ2n) is 8.48. The van der Waals surface area contributed by atoms with Crippen LogP contribution in [-0.2, 0) is 16.6 Å². The summed E-state index contributed by atoms with van der Waals surface area (Å²) in [4.78, 5) is 36.2. The van der Waals surface area contributed by atoms with Crippen LogP contribution < -0.4 is 10.6 Å². The molecule has 9 nitrogen and oxygen atoms in total. The number of carbonyl (C=O) groups is 2. The molecule has 2 N–H and O–H groups in total. The summed E-state index contributed by atoms with van der Waals surface area (Å²) >= 11 is 7.57. The van der Waals surface area contributed by atoms with Crippen molar-refractivity contribution in [3.63, 3.8) is 0 Å². The first-order chi connectivity index (χ1) is 16.9. The molecule has 2 aromatic heterocycles. The molecule has 0 bridgehead atoms. The number of thiazole rings is 1. The summed E-state index contributed by atoms with van der Waals surface area (Å²) in [6.45, 7) is 1.26. The van der Waals surface area contributed by atoms with Crippen LogP contribution in [0.1, 0.15) is 23.2 Å². The van der Waals surface area contributed by atoms with Crippen LogP contribution in [0.15, 0.2) is 36.4 Å². The number of aromatic nitrogens is 3. The molecule has 1 saturated heterocycles. The van der Waals surface area contributed by atoms with Gasteiger partial charge in [0.1, 0.15) is 0 Å². The number of imidazole rings is 1. The lowest BCUT2D eigenvalue weighted by molar-refractivity contribution is -0.132. The molecule has 0 unspecified atom stereocenters. The quantitative estimate of drug-likeness (QED) is 0.405. The van der Waals surface area contributed by atoms with E-state index in [1.165, 1.54) is 11.3 Å². The lowest BCUT2D eigenvalue weighted by atomic mass is 10.1. The summed E-state index contributed by atoms with van der Waals surface area (Å²) < 4.78 is 8.24. The molecule has 1 aliphatic heterocycles. The maximum atomic E-state index is 12.7. The summed E-state index contributed by atoms with van der Waals surface area (Å²) in [6, 6.07) is 11.0. The maximum absolute atomic E-state index is 12.7. The van der Waals surface area contributed by atoms with Gasteiger partial charge in [-0.05, 0) is 49.2 Å². The van der Waals surface area contributed by atoms with Crippen molar-refractivity contribution in [3.8, 4) is 0 Å². The molecule has 4 aromatic rings. The van der Waals surface area contributed by atoms with Crippen molar-refractivity contribution < 1.29 is 14.3 Å². The predicted octanol–water partition coefficient (Wildman–Crippen LogP) is 3.95. The number of hydrogen-bond acceptors (Lipinski definition) is 7. The van der Waals surface area contributed by atoms with E-state index in [4.69, 9.17) is 16.3 Å². The van der Waals surface area contributed by atoms with Gasteiger partial charge in [0.25, 0.3) is 5.91 Å². The number of rotatable bonds is 6. The molecule has 35 heavy (non-hydrogen) atoms. The van der Waals surface area contributed by atoms with Crippen LogP contribution in [-0.4, -0.2) is 64.1 Å². The van der Waals surface area contributed by atoms with Gasteiger partial charge in [-0.25, -0.2) is 9.97 Å². The molecule has 11 heteroatoms. The lowest BCUT2D eigenvalue weighted by Crippen LogP contribution is -2.45. The molecule has 1 fully saturated rings. The average Bonchev–Trinajstić information content (AvgIpc) is 3.41. The highest BCUT2D eigenvalue weighted by molar-refractivity contribution is 7.22. The Bertz CT molecular complexity index is 1410. The van der Waals surface area contributed by atoms with E-state index in [0.717, 1.165) is 28.6 Å². The van der Waals surface area contributed by atoms with Crippen molar-refractivity contribution >= 4 is 67.1 Å². The summed E-state index contributed by atoms with van der Waals surface area (Å²) in [5.74, 6) is 0.174. The third-order valence-corrected chi connectivity index (χ3v) is 7.41. The Hall–Kier alpha value is -3.21. The summed E-state index contributed by atoms with van der Waals surface area (Å²) in [5.41, 5.74) is 2.83. The van der Waals surface area contributed by atoms with E-state index in [1.807, 2.05) is 35.9 Å². The van der Waals surface area contributed by atoms with Gasteiger partial charge in [0.15, 0.2) is 5.13 Å². The van der Waals surface area contributed by atoms with Gasteiger partial charge in [-0.1, -0.05) is 22.9 Å². The summed E-state index contributed by atoms with van der Waals surface area (Å²) in [6.07, 6.45) is 1.63. The molecule has 2 amide bonds. The Morgan fingerprint density at radius 3 is 2.77 bits per heavy atom. The first-order valence-electron chi connectivity index (χ1n) is 11.3. The molecular weight excluding hydrogens is 488 g/mol. The topological polar surface area (TPSA) is 101 Å². The standard InChI is InChI=1S/C24H25ClN6O3S/c1-30(16-7-9-34-10-8-16)21(32)13-26-22(33)14-3-6-19-18(11-14)27-23(31(19)2)29-24-28-17-5-4-15(25)12-20(17)35-24/h3-6,11-12,16H,7-10,13H2,1-2H3,(H,26,33)(H,27,28,29). The number of hydrogen-bond donors (Lipinski definition) is 2. The molecule has 0 radical (unpaired) electrons. The number of likely N-dealkylation sites (N-methyl/N-ethyl adjacent to an activating group) is 1. The number of nitrogens with zero attached hydrogens (tertiary/aromatic N) is 4. The second-order valence-corrected chi connectivity index (χ2v) is 9.95. The van der Waals surface area contributed by atoms with Crippen molar-refractivity contribution in [2.24, 2.45) is 7.05 Å². The third kappa shape index (κ3) is 4.95. The molecule has 0 spiro atoms. The number of carbonyl (C=O) groups excluding carboxylic acids is 2. The number of halogens is 1. The lowest BCUT2D eigenvalue weighted by Gasteiger charge is -2.31.